The molecular formula is C14H16BrN3O2. The highest BCUT2D eigenvalue weighted by Crippen LogP contribution is 2.41. The summed E-state index contributed by atoms with van der Waals surface area (Å²) in [5, 5.41) is 9.54. The maximum absolute atomic E-state index is 9.54. The van der Waals surface area contributed by atoms with Crippen molar-refractivity contribution in [1.29, 1.82) is 5.26 Å². The van der Waals surface area contributed by atoms with Crippen molar-refractivity contribution >= 4 is 15.9 Å². The molecule has 1 saturated heterocycles. The predicted octanol–water partition coefficient (Wildman–Crippen LogP) is 1.99. The standard InChI is InChI=1S/C14H16BrN3O2/c1-17-2-4-18(5-3-17)12(8-16)10-6-11(15)14-13(7-10)19-9-20-14/h6-7,12H,2-5,9H2,1H3. The summed E-state index contributed by atoms with van der Waals surface area (Å²) < 4.78 is 11.7. The second-order valence-corrected chi connectivity index (χ2v) is 5.96. The first-order valence-corrected chi connectivity index (χ1v) is 7.39. The normalized spacial score (nSPS) is 20.6. The van der Waals surface area contributed by atoms with Crippen LogP contribution in [0, 0.1) is 11.3 Å². The lowest BCUT2D eigenvalue weighted by molar-refractivity contribution is 0.132. The fourth-order valence-electron chi connectivity index (χ4n) is 2.59. The quantitative estimate of drug-likeness (QED) is 0.825. The molecule has 0 amide bonds. The molecule has 1 unspecified atom stereocenters. The summed E-state index contributed by atoms with van der Waals surface area (Å²) in [6.07, 6.45) is 0. The van der Waals surface area contributed by atoms with Gasteiger partial charge in [-0.2, -0.15) is 5.26 Å². The Morgan fingerprint density at radius 3 is 2.70 bits per heavy atom. The lowest BCUT2D eigenvalue weighted by Gasteiger charge is -2.35. The summed E-state index contributed by atoms with van der Waals surface area (Å²) in [6, 6.07) is 6.04. The molecule has 0 N–H and O–H groups in total. The van der Waals surface area contributed by atoms with Gasteiger partial charge in [-0.1, -0.05) is 0 Å². The zero-order valence-corrected chi connectivity index (χ0v) is 12.9. The highest BCUT2D eigenvalue weighted by Gasteiger charge is 2.27. The van der Waals surface area contributed by atoms with Crippen LogP contribution in [0.3, 0.4) is 0 Å². The second kappa shape index (κ2) is 5.60. The Kier molecular flexibility index (Phi) is 3.83. The Morgan fingerprint density at radius 2 is 2.00 bits per heavy atom. The molecule has 2 aliphatic heterocycles. The number of ether oxygens (including phenoxy) is 2. The molecule has 2 heterocycles. The van der Waals surface area contributed by atoms with Crippen molar-refractivity contribution in [1.82, 2.24) is 9.80 Å². The highest BCUT2D eigenvalue weighted by molar-refractivity contribution is 9.10. The minimum Gasteiger partial charge on any atom is -0.454 e. The maximum atomic E-state index is 9.54. The van der Waals surface area contributed by atoms with Crippen LogP contribution in [-0.4, -0.2) is 49.8 Å². The summed E-state index contributed by atoms with van der Waals surface area (Å²) >= 11 is 3.49. The van der Waals surface area contributed by atoms with Crippen LogP contribution < -0.4 is 9.47 Å². The summed E-state index contributed by atoms with van der Waals surface area (Å²) in [5.74, 6) is 1.44. The fourth-order valence-corrected chi connectivity index (χ4v) is 3.17. The second-order valence-electron chi connectivity index (χ2n) is 5.11. The van der Waals surface area contributed by atoms with Gasteiger partial charge in [0.2, 0.25) is 6.79 Å². The van der Waals surface area contributed by atoms with Crippen LogP contribution in [0.1, 0.15) is 11.6 Å². The summed E-state index contributed by atoms with van der Waals surface area (Å²) in [7, 11) is 2.11. The van der Waals surface area contributed by atoms with E-state index in [0.717, 1.165) is 42.0 Å². The van der Waals surface area contributed by atoms with E-state index in [0.29, 0.717) is 5.75 Å². The zero-order chi connectivity index (χ0) is 14.1. The number of likely N-dealkylation sites (N-methyl/N-ethyl adjacent to an activating group) is 1. The first-order valence-electron chi connectivity index (χ1n) is 6.60. The van der Waals surface area contributed by atoms with E-state index in [4.69, 9.17) is 9.47 Å². The molecule has 0 aliphatic carbocycles. The van der Waals surface area contributed by atoms with E-state index in [2.05, 4.69) is 38.8 Å². The summed E-state index contributed by atoms with van der Waals surface area (Å²) in [5.41, 5.74) is 0.952. The first kappa shape index (κ1) is 13.7. The molecule has 1 aromatic carbocycles. The van der Waals surface area contributed by atoms with Gasteiger partial charge in [-0.05, 0) is 40.7 Å². The van der Waals surface area contributed by atoms with E-state index in [1.807, 2.05) is 12.1 Å². The lowest BCUT2D eigenvalue weighted by Crippen LogP contribution is -2.45. The van der Waals surface area contributed by atoms with Crippen molar-refractivity contribution in [3.8, 4) is 17.6 Å². The molecule has 1 aromatic rings. The average Bonchev–Trinajstić information content (AvgIpc) is 2.91. The number of nitrogens with zero attached hydrogens (tertiary/aromatic N) is 3. The largest absolute Gasteiger partial charge is 0.454 e. The van der Waals surface area contributed by atoms with Crippen LogP contribution in [0.15, 0.2) is 16.6 Å². The van der Waals surface area contributed by atoms with Crippen molar-refractivity contribution in [3.63, 3.8) is 0 Å². The molecule has 0 radical (unpaired) electrons. The van der Waals surface area contributed by atoms with Crippen LogP contribution in [0.25, 0.3) is 0 Å². The van der Waals surface area contributed by atoms with Gasteiger partial charge in [-0.15, -0.1) is 0 Å². The monoisotopic (exact) mass is 337 g/mol. The number of fused-ring (bicyclic) bond motifs is 1. The Balaban J connectivity index is 1.87. The van der Waals surface area contributed by atoms with Gasteiger partial charge in [0.25, 0.3) is 0 Å². The molecule has 0 saturated carbocycles. The molecule has 2 aliphatic rings. The van der Waals surface area contributed by atoms with Crippen molar-refractivity contribution < 1.29 is 9.47 Å². The molecule has 6 heteroatoms. The van der Waals surface area contributed by atoms with Gasteiger partial charge in [0.05, 0.1) is 10.5 Å². The predicted molar refractivity (Wildman–Crippen MR) is 77.7 cm³/mol. The third-order valence-electron chi connectivity index (χ3n) is 3.79. The van der Waals surface area contributed by atoms with E-state index >= 15 is 0 Å². The third kappa shape index (κ3) is 2.49. The minimum absolute atomic E-state index is 0.239. The van der Waals surface area contributed by atoms with Crippen LogP contribution in [0.2, 0.25) is 0 Å². The number of hydrogen-bond acceptors (Lipinski definition) is 5. The van der Waals surface area contributed by atoms with E-state index in [9.17, 15) is 5.26 Å². The van der Waals surface area contributed by atoms with E-state index in [-0.39, 0.29) is 12.8 Å². The van der Waals surface area contributed by atoms with Gasteiger partial charge >= 0.3 is 0 Å². The highest BCUT2D eigenvalue weighted by atomic mass is 79.9. The number of rotatable bonds is 2. The van der Waals surface area contributed by atoms with Gasteiger partial charge in [0, 0.05) is 26.2 Å². The number of benzene rings is 1. The number of nitriles is 1. The Labute approximate surface area is 126 Å². The van der Waals surface area contributed by atoms with E-state index in [1.165, 1.54) is 0 Å². The summed E-state index contributed by atoms with van der Waals surface area (Å²) in [4.78, 5) is 4.49. The molecule has 20 heavy (non-hydrogen) atoms. The number of piperazine rings is 1. The molecule has 1 atom stereocenters. The molecule has 3 rings (SSSR count). The maximum Gasteiger partial charge on any atom is 0.231 e. The van der Waals surface area contributed by atoms with Crippen molar-refractivity contribution in [3.05, 3.63) is 22.2 Å². The zero-order valence-electron chi connectivity index (χ0n) is 11.3. The molecule has 0 spiro atoms. The Bertz CT molecular complexity index is 550. The molecule has 106 valence electrons. The molecule has 0 bridgehead atoms. The van der Waals surface area contributed by atoms with Gasteiger partial charge < -0.3 is 14.4 Å². The van der Waals surface area contributed by atoms with Gasteiger partial charge in [-0.25, -0.2) is 0 Å². The Morgan fingerprint density at radius 1 is 1.25 bits per heavy atom. The molecule has 5 nitrogen and oxygen atoms in total. The molecular weight excluding hydrogens is 322 g/mol. The van der Waals surface area contributed by atoms with Crippen molar-refractivity contribution in [2.24, 2.45) is 0 Å². The van der Waals surface area contributed by atoms with Gasteiger partial charge in [0.15, 0.2) is 11.5 Å². The van der Waals surface area contributed by atoms with Crippen LogP contribution in [0.5, 0.6) is 11.5 Å². The van der Waals surface area contributed by atoms with Crippen LogP contribution in [-0.2, 0) is 0 Å². The molecule has 0 aromatic heterocycles. The SMILES string of the molecule is CN1CCN(C(C#N)c2cc(Br)c3c(c2)OCO3)CC1. The number of halogens is 1. The van der Waals surface area contributed by atoms with Gasteiger partial charge in [-0.3, -0.25) is 4.90 Å². The number of hydrogen-bond donors (Lipinski definition) is 0. The minimum atomic E-state index is -0.241. The topological polar surface area (TPSA) is 48.7 Å². The van der Waals surface area contributed by atoms with Gasteiger partial charge in [0.1, 0.15) is 6.04 Å². The van der Waals surface area contributed by atoms with Crippen LogP contribution in [0.4, 0.5) is 0 Å². The van der Waals surface area contributed by atoms with Crippen LogP contribution >= 0.6 is 15.9 Å². The van der Waals surface area contributed by atoms with E-state index in [1.54, 1.807) is 0 Å². The Hall–Kier alpha value is -1.29. The van der Waals surface area contributed by atoms with Crippen molar-refractivity contribution in [2.75, 3.05) is 40.0 Å². The molecule has 1 fully saturated rings. The van der Waals surface area contributed by atoms with Crippen molar-refractivity contribution in [2.45, 2.75) is 6.04 Å². The van der Waals surface area contributed by atoms with E-state index < -0.39 is 0 Å². The fraction of sp³-hybridized carbons (Fsp3) is 0.500. The third-order valence-corrected chi connectivity index (χ3v) is 4.38. The smallest absolute Gasteiger partial charge is 0.231 e. The lowest BCUT2D eigenvalue weighted by atomic mass is 10.0. The average molecular weight is 338 g/mol. The summed E-state index contributed by atoms with van der Waals surface area (Å²) in [6.45, 7) is 4.03. The first-order chi connectivity index (χ1) is 9.69.